The lowest BCUT2D eigenvalue weighted by Gasteiger charge is -2.51. The molecule has 0 aromatic rings. The van der Waals surface area contributed by atoms with E-state index in [9.17, 15) is 162 Å². The minimum absolute atomic E-state index is 0.869. The Labute approximate surface area is 637 Å². The fourth-order valence-corrected chi connectivity index (χ4v) is 14.4. The molecule has 30 N–H and O–H groups in total. The number of nitrogens with one attached hydrogen (secondary N) is 4. The standard InChI is InChI=1S/C62H102N4O47/c1-15(74)63-29-19(78)5-61(59(95)96,110-48(29)33(82)21(80)7-67)112-51-35(84)23(9-69)101-57(43(51)92)106-45-26(12-72)103-54(31(38(45)87)65-17(3)76)99-14-28-37(86)50(42(91)56(105-28)108-47-25(11-71)100-53(94)41(90)40(47)89)109-55-32(66-18(4)77)39(88)46(27(13-73)104-55)107-58-44(93)52(36(85)24(10-70)102-58)113-62(60(97)98)6-20(79)30(64-16(2)75)49(111-62)34(83)22(81)8-68/h19-58,67-73,78-94H,5-14H2,1-4H3,(H,63,74)(H,64,75)(H,65,76)(H,66,77)(H,95,96)(H,97,98)/t19-,20-,21+,22+,23+,24+,25+,26+,27+,28+,29+,30+,31+,32+,33+,34+,35-,36-,37-,38+,39+,40+,41+,42+,43+,44+,45+,46+,47+,48+,49+,50-,51-,52-,53?,54+,55-,56-,57-,58-,61-,62-/m0/s1. The first-order valence-corrected chi connectivity index (χ1v) is 35.4. The van der Waals surface area contributed by atoms with Crippen molar-refractivity contribution < 1.29 is 233 Å². The molecule has 0 bridgehead atoms. The van der Waals surface area contributed by atoms with Crippen LogP contribution in [0.15, 0.2) is 0 Å². The zero-order valence-corrected chi connectivity index (χ0v) is 60.4. The molecule has 652 valence electrons. The monoisotopic (exact) mass is 1650 g/mol. The van der Waals surface area contributed by atoms with E-state index < -0.39 is 358 Å². The van der Waals surface area contributed by atoms with Crippen LogP contribution < -0.4 is 21.3 Å². The van der Waals surface area contributed by atoms with Crippen molar-refractivity contribution in [1.82, 2.24) is 21.3 Å². The van der Waals surface area contributed by atoms with Crippen LogP contribution >= 0.6 is 0 Å². The number of aliphatic carboxylic acids is 2. The van der Waals surface area contributed by atoms with Gasteiger partial charge in [-0.25, -0.2) is 9.59 Å². The van der Waals surface area contributed by atoms with Crippen LogP contribution in [0.2, 0.25) is 0 Å². The van der Waals surface area contributed by atoms with Crippen molar-refractivity contribution in [2.24, 2.45) is 0 Å². The fraction of sp³-hybridized carbons (Fsp3) is 0.903. The van der Waals surface area contributed by atoms with Crippen LogP contribution in [0.25, 0.3) is 0 Å². The molecule has 0 aliphatic carbocycles. The van der Waals surface area contributed by atoms with Crippen LogP contribution in [0.4, 0.5) is 0 Å². The smallest absolute Gasteiger partial charge is 0.364 e. The molecule has 1 unspecified atom stereocenters. The van der Waals surface area contributed by atoms with Gasteiger partial charge < -0.3 is 225 Å². The summed E-state index contributed by atoms with van der Waals surface area (Å²) in [7, 11) is 0. The normalized spacial score (nSPS) is 45.6. The van der Waals surface area contributed by atoms with E-state index >= 15 is 0 Å². The Hall–Kier alpha value is -4.74. The number of ether oxygens (including phenoxy) is 15. The fourth-order valence-electron chi connectivity index (χ4n) is 14.4. The maximum Gasteiger partial charge on any atom is 0.364 e. The number of carboxylic acids is 2. The second-order valence-electron chi connectivity index (χ2n) is 28.2. The van der Waals surface area contributed by atoms with Gasteiger partial charge in [-0.2, -0.15) is 0 Å². The quantitative estimate of drug-likeness (QED) is 0.0297. The molecule has 0 aromatic carbocycles. The summed E-state index contributed by atoms with van der Waals surface area (Å²) >= 11 is 0. The number of aliphatic hydroxyl groups excluding tert-OH is 24. The number of hydrogen-bond acceptors (Lipinski definition) is 45. The summed E-state index contributed by atoms with van der Waals surface area (Å²) < 4.78 is 87.0. The Morgan fingerprint density at radius 2 is 0.673 bits per heavy atom. The Bertz CT molecular complexity index is 3110. The van der Waals surface area contributed by atoms with E-state index in [0.29, 0.717) is 0 Å². The van der Waals surface area contributed by atoms with Gasteiger partial charge in [-0.05, 0) is 0 Å². The number of carbonyl (C=O) groups is 6. The van der Waals surface area contributed by atoms with Crippen LogP contribution in [-0.4, -0.2) is 478 Å². The molecule has 8 saturated heterocycles. The highest BCUT2D eigenvalue weighted by atomic mass is 16.8. The molecule has 51 nitrogen and oxygen atoms in total. The molecule has 113 heavy (non-hydrogen) atoms. The van der Waals surface area contributed by atoms with Gasteiger partial charge in [0.05, 0.1) is 77.1 Å². The van der Waals surface area contributed by atoms with Crippen LogP contribution in [-0.2, 0) is 99.8 Å². The summed E-state index contributed by atoms with van der Waals surface area (Å²) in [5, 5.41) is 295. The van der Waals surface area contributed by atoms with Crippen molar-refractivity contribution in [1.29, 1.82) is 0 Å². The SMILES string of the molecule is CC(=O)N[C@H]1[C@H](OC[C@H]2O[C@@H](O[C@H]3[C@H](O)[C@@H](O)C(O)O[C@@H]3CO)[C@H](O)[C@@H](O[C@@H]3O[C@H](CO)[C@@H](O[C@@H]4O[C@H](CO)[C@H](O)[C@H](O[C@]5(C(=O)O)C[C@H](O)[C@@H](NC(C)=O)[C@H]([C@H](O)[C@H](O)CO)O5)[C@H]4O)[C@H](O)[C@H]3NC(C)=O)[C@H]2O)O[C@H](CO)[C@@H](O[C@@H]2O[C@H](CO)[C@H](O)[C@H](O[C@]3(C(=O)O)C[C@H](O)[C@@H](NC(C)=O)[C@H]([C@H](O)[C@H](O)CO)O3)[C@H]2O)[C@@H]1O. The molecule has 8 fully saturated rings. The Kier molecular flexibility index (Phi) is 33.1. The highest BCUT2D eigenvalue weighted by Crippen LogP contribution is 2.43. The molecule has 0 aromatic heterocycles. The first-order valence-electron chi connectivity index (χ1n) is 35.4. The average molecular weight is 1660 g/mol. The molecule has 8 heterocycles. The molecule has 42 atom stereocenters. The van der Waals surface area contributed by atoms with Crippen molar-refractivity contribution in [3.63, 3.8) is 0 Å². The van der Waals surface area contributed by atoms with Gasteiger partial charge in [-0.15, -0.1) is 0 Å². The second kappa shape index (κ2) is 39.9. The lowest BCUT2D eigenvalue weighted by Crippen LogP contribution is -2.71. The zero-order chi connectivity index (χ0) is 84.1. The molecular formula is C62H102N4O47. The summed E-state index contributed by atoms with van der Waals surface area (Å²) in [6.45, 7) is -5.84. The van der Waals surface area contributed by atoms with E-state index in [-0.39, 0.29) is 0 Å². The number of hydrogen-bond donors (Lipinski definition) is 30. The van der Waals surface area contributed by atoms with Gasteiger partial charge in [0.1, 0.15) is 183 Å². The average Bonchev–Trinajstić information content (AvgIpc) is 0.752. The second-order valence-corrected chi connectivity index (χ2v) is 28.2. The van der Waals surface area contributed by atoms with E-state index in [0.717, 1.165) is 27.7 Å². The van der Waals surface area contributed by atoms with Crippen LogP contribution in [0.1, 0.15) is 40.5 Å². The lowest BCUT2D eigenvalue weighted by molar-refractivity contribution is -0.392. The number of aliphatic hydroxyl groups is 24. The Balaban J connectivity index is 1.06. The largest absolute Gasteiger partial charge is 0.477 e. The van der Waals surface area contributed by atoms with Gasteiger partial charge in [0.2, 0.25) is 23.6 Å². The lowest BCUT2D eigenvalue weighted by atomic mass is 9.88. The topological polar surface area (TPSA) is 815 Å². The van der Waals surface area contributed by atoms with Gasteiger partial charge in [0.25, 0.3) is 11.6 Å². The van der Waals surface area contributed by atoms with Crippen LogP contribution in [0.3, 0.4) is 0 Å². The third-order valence-corrected chi connectivity index (χ3v) is 20.2. The van der Waals surface area contributed by atoms with Crippen molar-refractivity contribution in [3.8, 4) is 0 Å². The van der Waals surface area contributed by atoms with E-state index in [1.54, 1.807) is 0 Å². The molecule has 8 rings (SSSR count). The number of amides is 4. The number of carboxylic acid groups (broad SMARTS) is 2. The predicted octanol–water partition coefficient (Wildman–Crippen LogP) is -19.5. The molecular weight excluding hydrogens is 1550 g/mol. The van der Waals surface area contributed by atoms with E-state index in [1.165, 1.54) is 0 Å². The molecule has 0 spiro atoms. The highest BCUT2D eigenvalue weighted by Gasteiger charge is 2.64. The van der Waals surface area contributed by atoms with Crippen molar-refractivity contribution in [2.45, 2.75) is 297 Å². The Morgan fingerprint density at radius 3 is 1.04 bits per heavy atom. The van der Waals surface area contributed by atoms with Gasteiger partial charge >= 0.3 is 11.9 Å². The zero-order valence-electron chi connectivity index (χ0n) is 60.4. The minimum Gasteiger partial charge on any atom is -0.477 e. The van der Waals surface area contributed by atoms with E-state index in [4.69, 9.17) is 71.1 Å². The van der Waals surface area contributed by atoms with Gasteiger partial charge in [-0.3, -0.25) is 19.2 Å². The van der Waals surface area contributed by atoms with E-state index in [1.807, 2.05) is 0 Å². The summed E-state index contributed by atoms with van der Waals surface area (Å²) in [6.07, 6.45) is -82.0. The molecule has 8 aliphatic heterocycles. The number of rotatable bonds is 32. The minimum atomic E-state index is -3.29. The van der Waals surface area contributed by atoms with Gasteiger partial charge in [0, 0.05) is 40.5 Å². The van der Waals surface area contributed by atoms with Gasteiger partial charge in [-0.1, -0.05) is 0 Å². The molecule has 51 heteroatoms. The third kappa shape index (κ3) is 20.6. The summed E-state index contributed by atoms with van der Waals surface area (Å²) in [5.74, 6) is -14.6. The molecule has 8 aliphatic rings. The summed E-state index contributed by atoms with van der Waals surface area (Å²) in [6, 6.07) is -7.50. The summed E-state index contributed by atoms with van der Waals surface area (Å²) in [4.78, 5) is 76.8. The predicted molar refractivity (Wildman–Crippen MR) is 345 cm³/mol. The van der Waals surface area contributed by atoms with E-state index in [2.05, 4.69) is 21.3 Å². The molecule has 0 radical (unpaired) electrons. The van der Waals surface area contributed by atoms with Crippen molar-refractivity contribution in [2.75, 3.05) is 52.9 Å². The van der Waals surface area contributed by atoms with Crippen molar-refractivity contribution >= 4 is 35.6 Å². The number of carbonyl (C=O) groups excluding carboxylic acids is 4. The van der Waals surface area contributed by atoms with Gasteiger partial charge in [0.15, 0.2) is 37.7 Å². The van der Waals surface area contributed by atoms with Crippen LogP contribution in [0, 0.1) is 0 Å². The maximum atomic E-state index is 13.2. The first kappa shape index (κ1) is 93.8. The van der Waals surface area contributed by atoms with Crippen molar-refractivity contribution in [3.05, 3.63) is 0 Å². The third-order valence-electron chi connectivity index (χ3n) is 20.2. The maximum absolute atomic E-state index is 13.2. The summed E-state index contributed by atoms with van der Waals surface area (Å²) in [5.41, 5.74) is 0. The Morgan fingerprint density at radius 1 is 0.363 bits per heavy atom. The molecule has 0 saturated carbocycles. The van der Waals surface area contributed by atoms with Crippen LogP contribution in [0.5, 0.6) is 0 Å². The first-order chi connectivity index (χ1) is 53.1. The highest BCUT2D eigenvalue weighted by molar-refractivity contribution is 5.78. The molecule has 4 amide bonds.